The Kier molecular flexibility index (Phi) is 6.78. The van der Waals surface area contributed by atoms with Gasteiger partial charge >= 0.3 is 12.0 Å². The van der Waals surface area contributed by atoms with Crippen LogP contribution in [0.15, 0.2) is 46.9 Å². The number of aromatic nitrogens is 1. The molecule has 1 aliphatic heterocycles. The number of hydrogen-bond acceptors (Lipinski definition) is 7. The van der Waals surface area contributed by atoms with Crippen LogP contribution >= 0.6 is 0 Å². The predicted molar refractivity (Wildman–Crippen MR) is 126 cm³/mol. The molecule has 2 heterocycles. The van der Waals surface area contributed by atoms with E-state index in [1.807, 2.05) is 0 Å². The van der Waals surface area contributed by atoms with E-state index in [-0.39, 0.29) is 11.9 Å². The number of fused-ring (bicyclic) bond motifs is 1. The van der Waals surface area contributed by atoms with Gasteiger partial charge in [0.2, 0.25) is 5.89 Å². The number of hydrogen-bond donors (Lipinski definition) is 1. The Balaban J connectivity index is 1.34. The molecule has 0 unspecified atom stereocenters. The summed E-state index contributed by atoms with van der Waals surface area (Å²) in [5.74, 6) is -0.0262. The molecule has 0 radical (unpaired) electrons. The fraction of sp³-hybridized carbons (Fsp3) is 0.333. The van der Waals surface area contributed by atoms with Gasteiger partial charge in [-0.2, -0.15) is 0 Å². The lowest BCUT2D eigenvalue weighted by Crippen LogP contribution is -2.49. The van der Waals surface area contributed by atoms with Crippen molar-refractivity contribution in [2.75, 3.05) is 52.7 Å². The first kappa shape index (κ1) is 23.2. The van der Waals surface area contributed by atoms with Crippen LogP contribution < -0.4 is 5.32 Å². The number of benzene rings is 2. The molecule has 1 aromatic heterocycles. The monoisotopic (exact) mass is 465 g/mol. The highest BCUT2D eigenvalue weighted by atomic mass is 16.5. The molecule has 0 bridgehead atoms. The van der Waals surface area contributed by atoms with Crippen LogP contribution in [0.4, 0.5) is 10.5 Å². The lowest BCUT2D eigenvalue weighted by molar-refractivity contribution is 0.0601. The van der Waals surface area contributed by atoms with Crippen LogP contribution in [0.1, 0.15) is 26.6 Å². The van der Waals surface area contributed by atoms with E-state index in [4.69, 9.17) is 9.15 Å². The second-order valence-corrected chi connectivity index (χ2v) is 8.22. The van der Waals surface area contributed by atoms with Crippen molar-refractivity contribution in [1.82, 2.24) is 19.7 Å². The first-order valence-corrected chi connectivity index (χ1v) is 10.9. The van der Waals surface area contributed by atoms with E-state index in [1.54, 1.807) is 61.5 Å². The molecule has 2 aromatic carbocycles. The fourth-order valence-corrected chi connectivity index (χ4v) is 3.81. The first-order valence-electron chi connectivity index (χ1n) is 10.9. The van der Waals surface area contributed by atoms with E-state index < -0.39 is 5.97 Å². The van der Waals surface area contributed by atoms with Gasteiger partial charge in [-0.15, -0.1) is 0 Å². The zero-order valence-corrected chi connectivity index (χ0v) is 19.4. The summed E-state index contributed by atoms with van der Waals surface area (Å²) in [5, 5.41) is 2.81. The Morgan fingerprint density at radius 3 is 2.53 bits per heavy atom. The van der Waals surface area contributed by atoms with Crippen LogP contribution in [0.2, 0.25) is 0 Å². The average Bonchev–Trinajstić information content (AvgIpc) is 3.25. The third-order valence-corrected chi connectivity index (χ3v) is 5.68. The Bertz CT molecular complexity index is 1210. The second-order valence-electron chi connectivity index (χ2n) is 8.22. The topological polar surface area (TPSA) is 108 Å². The second kappa shape index (κ2) is 9.92. The van der Waals surface area contributed by atoms with Crippen molar-refractivity contribution in [3.05, 3.63) is 59.5 Å². The number of piperazine rings is 1. The van der Waals surface area contributed by atoms with Gasteiger partial charge in [-0.3, -0.25) is 9.69 Å². The van der Waals surface area contributed by atoms with Gasteiger partial charge in [0.25, 0.3) is 5.91 Å². The van der Waals surface area contributed by atoms with E-state index in [0.29, 0.717) is 66.5 Å². The number of rotatable bonds is 5. The fourth-order valence-electron chi connectivity index (χ4n) is 3.81. The van der Waals surface area contributed by atoms with Gasteiger partial charge in [0.05, 0.1) is 24.9 Å². The van der Waals surface area contributed by atoms with Crippen LogP contribution in [0.3, 0.4) is 0 Å². The van der Waals surface area contributed by atoms with Crippen LogP contribution in [-0.2, 0) is 11.3 Å². The lowest BCUT2D eigenvalue weighted by Gasteiger charge is -2.34. The molecule has 0 atom stereocenters. The molecule has 1 aliphatic rings. The third-order valence-electron chi connectivity index (χ3n) is 5.68. The predicted octanol–water partition coefficient (Wildman–Crippen LogP) is 2.67. The van der Waals surface area contributed by atoms with Gasteiger partial charge < -0.3 is 24.3 Å². The van der Waals surface area contributed by atoms with Crippen LogP contribution in [0, 0.1) is 0 Å². The largest absolute Gasteiger partial charge is 0.465 e. The quantitative estimate of drug-likeness (QED) is 0.577. The number of urea groups is 1. The van der Waals surface area contributed by atoms with Crippen LogP contribution in [0.5, 0.6) is 0 Å². The standard InChI is InChI=1S/C24H27N5O5/c1-27(2)22(30)16-8-9-20-19(14-16)25-21(34-20)15-28-10-12-29(13-11-28)24(32)26-18-7-5-4-6-17(18)23(31)33-3/h4-9,14H,10-13,15H2,1-3H3,(H,26,32). The lowest BCUT2D eigenvalue weighted by atomic mass is 10.2. The van der Waals surface area contributed by atoms with Crippen molar-refractivity contribution in [2.24, 2.45) is 0 Å². The van der Waals surface area contributed by atoms with Gasteiger partial charge in [0, 0.05) is 45.8 Å². The minimum Gasteiger partial charge on any atom is -0.465 e. The molecule has 10 nitrogen and oxygen atoms in total. The SMILES string of the molecule is COC(=O)c1ccccc1NC(=O)N1CCN(Cc2nc3cc(C(=O)N(C)C)ccc3o2)CC1. The number of esters is 1. The highest BCUT2D eigenvalue weighted by Gasteiger charge is 2.24. The molecule has 0 saturated carbocycles. The molecule has 3 aromatic rings. The molecule has 1 N–H and O–H groups in total. The summed E-state index contributed by atoms with van der Waals surface area (Å²) in [6.07, 6.45) is 0. The molecule has 1 saturated heterocycles. The normalized spacial score (nSPS) is 14.1. The van der Waals surface area contributed by atoms with Gasteiger partial charge in [-0.25, -0.2) is 14.6 Å². The maximum Gasteiger partial charge on any atom is 0.339 e. The summed E-state index contributed by atoms with van der Waals surface area (Å²) in [7, 11) is 4.72. The van der Waals surface area contributed by atoms with E-state index in [9.17, 15) is 14.4 Å². The van der Waals surface area contributed by atoms with Crippen LogP contribution in [-0.4, -0.2) is 85.0 Å². The van der Waals surface area contributed by atoms with Crippen LogP contribution in [0.25, 0.3) is 11.1 Å². The van der Waals surface area contributed by atoms with Crippen molar-refractivity contribution in [3.8, 4) is 0 Å². The minimum absolute atomic E-state index is 0.0879. The summed E-state index contributed by atoms with van der Waals surface area (Å²) in [5.41, 5.74) is 2.56. The molecule has 3 amide bonds. The van der Waals surface area contributed by atoms with E-state index in [2.05, 4.69) is 15.2 Å². The number of nitrogens with one attached hydrogen (secondary N) is 1. The Morgan fingerprint density at radius 2 is 1.82 bits per heavy atom. The molecule has 0 aliphatic carbocycles. The molecule has 0 spiro atoms. The molecule has 4 rings (SSSR count). The average molecular weight is 466 g/mol. The zero-order chi connectivity index (χ0) is 24.2. The summed E-state index contributed by atoms with van der Waals surface area (Å²) < 4.78 is 10.6. The highest BCUT2D eigenvalue weighted by molar-refractivity contribution is 6.00. The summed E-state index contributed by atoms with van der Waals surface area (Å²) in [4.78, 5) is 46.8. The number of ether oxygens (including phenoxy) is 1. The summed E-state index contributed by atoms with van der Waals surface area (Å²) in [6.45, 7) is 2.85. The van der Waals surface area contributed by atoms with Crippen molar-refractivity contribution >= 4 is 34.7 Å². The molecule has 178 valence electrons. The molecular formula is C24H27N5O5. The minimum atomic E-state index is -0.503. The Hall–Kier alpha value is -3.92. The summed E-state index contributed by atoms with van der Waals surface area (Å²) >= 11 is 0. The molecular weight excluding hydrogens is 438 g/mol. The van der Waals surface area contributed by atoms with E-state index >= 15 is 0 Å². The van der Waals surface area contributed by atoms with Gasteiger partial charge in [0.15, 0.2) is 5.58 Å². The number of carbonyl (C=O) groups excluding carboxylic acids is 3. The first-order chi connectivity index (χ1) is 16.4. The number of amides is 3. The highest BCUT2D eigenvalue weighted by Crippen LogP contribution is 2.20. The molecule has 10 heteroatoms. The number of carbonyl (C=O) groups is 3. The van der Waals surface area contributed by atoms with E-state index in [1.165, 1.54) is 12.0 Å². The van der Waals surface area contributed by atoms with Crippen molar-refractivity contribution in [1.29, 1.82) is 0 Å². The van der Waals surface area contributed by atoms with E-state index in [0.717, 1.165) is 0 Å². The number of oxazole rings is 1. The number of methoxy groups -OCH3 is 1. The van der Waals surface area contributed by atoms with Gasteiger partial charge in [-0.05, 0) is 30.3 Å². The third kappa shape index (κ3) is 5.01. The number of para-hydroxylation sites is 1. The van der Waals surface area contributed by atoms with Crippen molar-refractivity contribution < 1.29 is 23.5 Å². The number of nitrogens with zero attached hydrogens (tertiary/aromatic N) is 4. The Labute approximate surface area is 197 Å². The smallest absolute Gasteiger partial charge is 0.339 e. The molecule has 1 fully saturated rings. The van der Waals surface area contributed by atoms with Crippen molar-refractivity contribution in [2.45, 2.75) is 6.54 Å². The Morgan fingerprint density at radius 1 is 1.09 bits per heavy atom. The number of anilines is 1. The van der Waals surface area contributed by atoms with Gasteiger partial charge in [0.1, 0.15) is 5.52 Å². The van der Waals surface area contributed by atoms with Gasteiger partial charge in [-0.1, -0.05) is 12.1 Å². The van der Waals surface area contributed by atoms with Crippen molar-refractivity contribution in [3.63, 3.8) is 0 Å². The maximum absolute atomic E-state index is 12.7. The zero-order valence-electron chi connectivity index (χ0n) is 19.4. The molecule has 34 heavy (non-hydrogen) atoms. The maximum atomic E-state index is 12.7. The summed E-state index contributed by atoms with van der Waals surface area (Å²) in [6, 6.07) is 11.7.